The summed E-state index contributed by atoms with van der Waals surface area (Å²) in [5.41, 5.74) is 2.29. The molecule has 0 radical (unpaired) electrons. The van der Waals surface area contributed by atoms with Gasteiger partial charge in [-0.15, -0.1) is 0 Å². The van der Waals surface area contributed by atoms with Gasteiger partial charge in [-0.05, 0) is 23.6 Å². The van der Waals surface area contributed by atoms with E-state index in [9.17, 15) is 0 Å². The summed E-state index contributed by atoms with van der Waals surface area (Å²) in [4.78, 5) is 0. The number of nitrogens with one attached hydrogen (secondary N) is 1. The van der Waals surface area contributed by atoms with E-state index in [1.165, 1.54) is 5.56 Å². The maximum absolute atomic E-state index is 5.64. The van der Waals surface area contributed by atoms with Gasteiger partial charge in [-0.25, -0.2) is 0 Å². The number of hydrogen-bond donors (Lipinski definition) is 1. The van der Waals surface area contributed by atoms with Crippen LogP contribution in [-0.2, 0) is 16.1 Å². The molecule has 2 rings (SSSR count). The van der Waals surface area contributed by atoms with E-state index in [-0.39, 0.29) is 12.4 Å². The molecule has 1 heterocycles. The minimum Gasteiger partial charge on any atom is -0.388 e. The van der Waals surface area contributed by atoms with Crippen LogP contribution < -0.4 is 5.32 Å². The summed E-state index contributed by atoms with van der Waals surface area (Å²) >= 11 is 0. The molecular formula is C13H19NO2. The number of rotatable bonds is 5. The Balaban J connectivity index is 1.78. The summed E-state index contributed by atoms with van der Waals surface area (Å²) in [5, 5.41) is 3.09. The minimum atomic E-state index is 0.00368. The van der Waals surface area contributed by atoms with Crippen molar-refractivity contribution in [2.45, 2.75) is 32.8 Å². The van der Waals surface area contributed by atoms with Crippen molar-refractivity contribution in [3.8, 4) is 0 Å². The molecule has 1 fully saturated rings. The number of ether oxygens (including phenoxy) is 2. The average Bonchev–Trinajstić information content (AvgIpc) is 3.06. The Morgan fingerprint density at radius 2 is 2.00 bits per heavy atom. The van der Waals surface area contributed by atoms with Crippen LogP contribution in [0.5, 0.6) is 0 Å². The molecule has 0 aliphatic carbocycles. The molecule has 1 aromatic rings. The van der Waals surface area contributed by atoms with Gasteiger partial charge in [0.1, 0.15) is 6.10 Å². The van der Waals surface area contributed by atoms with Crippen LogP contribution in [0, 0.1) is 5.92 Å². The second kappa shape index (κ2) is 4.85. The van der Waals surface area contributed by atoms with Gasteiger partial charge in [0, 0.05) is 12.7 Å². The fraction of sp³-hybridized carbons (Fsp3) is 0.538. The first-order valence-corrected chi connectivity index (χ1v) is 5.74. The maximum atomic E-state index is 5.64. The van der Waals surface area contributed by atoms with Crippen LogP contribution in [0.1, 0.15) is 19.4 Å². The van der Waals surface area contributed by atoms with Crippen molar-refractivity contribution in [2.75, 3.05) is 12.4 Å². The number of epoxide rings is 1. The van der Waals surface area contributed by atoms with Gasteiger partial charge in [-0.2, -0.15) is 0 Å². The number of benzene rings is 1. The molecule has 3 nitrogen and oxygen atoms in total. The maximum Gasteiger partial charge on any atom is 0.185 e. The average molecular weight is 221 g/mol. The Hall–Kier alpha value is -1.06. The lowest BCUT2D eigenvalue weighted by Gasteiger charge is -2.04. The molecule has 88 valence electrons. The highest BCUT2D eigenvalue weighted by atomic mass is 16.8. The predicted octanol–water partition coefficient (Wildman–Crippen LogP) is 2.63. The molecule has 3 heteroatoms. The van der Waals surface area contributed by atoms with Gasteiger partial charge in [0.15, 0.2) is 6.29 Å². The predicted molar refractivity (Wildman–Crippen MR) is 64.3 cm³/mol. The molecule has 1 aromatic carbocycles. The van der Waals surface area contributed by atoms with E-state index in [0.717, 1.165) is 5.69 Å². The van der Waals surface area contributed by atoms with Crippen molar-refractivity contribution in [3.05, 3.63) is 29.8 Å². The summed E-state index contributed by atoms with van der Waals surface area (Å²) < 4.78 is 11.1. The first kappa shape index (κ1) is 11.4. The Morgan fingerprint density at radius 3 is 2.50 bits per heavy atom. The first-order valence-electron chi connectivity index (χ1n) is 5.74. The zero-order valence-corrected chi connectivity index (χ0v) is 10.1. The summed E-state index contributed by atoms with van der Waals surface area (Å²) in [5.74, 6) is 0.539. The normalized spacial score (nSPS) is 23.5. The standard InChI is InChI=1S/C13H19NO2/c1-9(2)12-13(16-12)15-8-10-4-6-11(14-3)7-5-10/h4-7,9,12-14H,8H2,1-3H3. The van der Waals surface area contributed by atoms with Crippen molar-refractivity contribution in [3.63, 3.8) is 0 Å². The van der Waals surface area contributed by atoms with Gasteiger partial charge >= 0.3 is 0 Å². The van der Waals surface area contributed by atoms with Gasteiger partial charge in [-0.3, -0.25) is 0 Å². The molecule has 0 amide bonds. The second-order valence-corrected chi connectivity index (χ2v) is 4.47. The van der Waals surface area contributed by atoms with Gasteiger partial charge in [0.25, 0.3) is 0 Å². The third-order valence-corrected chi connectivity index (χ3v) is 2.80. The van der Waals surface area contributed by atoms with E-state index < -0.39 is 0 Å². The smallest absolute Gasteiger partial charge is 0.185 e. The lowest BCUT2D eigenvalue weighted by Crippen LogP contribution is -2.05. The molecule has 0 spiro atoms. The number of hydrogen-bond acceptors (Lipinski definition) is 3. The van der Waals surface area contributed by atoms with E-state index in [4.69, 9.17) is 9.47 Å². The van der Waals surface area contributed by atoms with Crippen molar-refractivity contribution >= 4 is 5.69 Å². The minimum absolute atomic E-state index is 0.00368. The molecule has 1 N–H and O–H groups in total. The van der Waals surface area contributed by atoms with Gasteiger partial charge in [0.05, 0.1) is 6.61 Å². The molecule has 1 aliphatic rings. The third-order valence-electron chi connectivity index (χ3n) is 2.80. The lowest BCUT2D eigenvalue weighted by molar-refractivity contribution is 0.0385. The van der Waals surface area contributed by atoms with Crippen LogP contribution in [0.2, 0.25) is 0 Å². The van der Waals surface area contributed by atoms with Crippen LogP contribution in [0.25, 0.3) is 0 Å². The summed E-state index contributed by atoms with van der Waals surface area (Å²) in [6.07, 6.45) is 0.292. The Morgan fingerprint density at radius 1 is 1.31 bits per heavy atom. The number of anilines is 1. The van der Waals surface area contributed by atoms with E-state index in [0.29, 0.717) is 12.5 Å². The highest BCUT2D eigenvalue weighted by Crippen LogP contribution is 2.30. The topological polar surface area (TPSA) is 33.8 Å². The monoisotopic (exact) mass is 221 g/mol. The van der Waals surface area contributed by atoms with E-state index >= 15 is 0 Å². The van der Waals surface area contributed by atoms with Crippen LogP contribution in [0.4, 0.5) is 5.69 Å². The summed E-state index contributed by atoms with van der Waals surface area (Å²) in [7, 11) is 1.91. The summed E-state index contributed by atoms with van der Waals surface area (Å²) in [6.45, 7) is 4.92. The fourth-order valence-corrected chi connectivity index (χ4v) is 1.66. The Bertz CT molecular complexity index is 334. The molecule has 16 heavy (non-hydrogen) atoms. The fourth-order valence-electron chi connectivity index (χ4n) is 1.66. The van der Waals surface area contributed by atoms with E-state index in [1.54, 1.807) is 0 Å². The van der Waals surface area contributed by atoms with Crippen LogP contribution in [-0.4, -0.2) is 19.4 Å². The summed E-state index contributed by atoms with van der Waals surface area (Å²) in [6, 6.07) is 8.23. The molecule has 0 aromatic heterocycles. The SMILES string of the molecule is CNc1ccc(COC2OC2C(C)C)cc1. The Kier molecular flexibility index (Phi) is 3.46. The molecule has 1 saturated heterocycles. The molecule has 0 bridgehead atoms. The third kappa shape index (κ3) is 2.74. The van der Waals surface area contributed by atoms with Gasteiger partial charge in [-0.1, -0.05) is 26.0 Å². The largest absolute Gasteiger partial charge is 0.388 e. The molecular weight excluding hydrogens is 202 g/mol. The van der Waals surface area contributed by atoms with Gasteiger partial charge < -0.3 is 14.8 Å². The van der Waals surface area contributed by atoms with Crippen molar-refractivity contribution in [2.24, 2.45) is 5.92 Å². The van der Waals surface area contributed by atoms with E-state index in [2.05, 4.69) is 31.3 Å². The quantitative estimate of drug-likeness (QED) is 0.776. The highest BCUT2D eigenvalue weighted by Gasteiger charge is 2.42. The van der Waals surface area contributed by atoms with Crippen molar-refractivity contribution in [1.82, 2.24) is 0 Å². The van der Waals surface area contributed by atoms with Crippen LogP contribution in [0.15, 0.2) is 24.3 Å². The molecule has 0 saturated carbocycles. The highest BCUT2D eigenvalue weighted by molar-refractivity contribution is 5.43. The molecule has 1 aliphatic heterocycles. The zero-order valence-electron chi connectivity index (χ0n) is 10.1. The molecule has 2 unspecified atom stereocenters. The second-order valence-electron chi connectivity index (χ2n) is 4.47. The van der Waals surface area contributed by atoms with Crippen LogP contribution in [0.3, 0.4) is 0 Å². The van der Waals surface area contributed by atoms with Crippen LogP contribution >= 0.6 is 0 Å². The first-order chi connectivity index (χ1) is 7.70. The van der Waals surface area contributed by atoms with E-state index in [1.807, 2.05) is 19.2 Å². The zero-order chi connectivity index (χ0) is 11.5. The van der Waals surface area contributed by atoms with Gasteiger partial charge in [0.2, 0.25) is 0 Å². The Labute approximate surface area is 96.8 Å². The van der Waals surface area contributed by atoms with Crippen molar-refractivity contribution < 1.29 is 9.47 Å². The van der Waals surface area contributed by atoms with Crippen molar-refractivity contribution in [1.29, 1.82) is 0 Å². The molecule has 2 atom stereocenters. The lowest BCUT2D eigenvalue weighted by atomic mass is 10.1.